The summed E-state index contributed by atoms with van der Waals surface area (Å²) in [6.45, 7) is 0. The van der Waals surface area contributed by atoms with Crippen LogP contribution in [-0.2, 0) is 9.53 Å². The highest BCUT2D eigenvalue weighted by molar-refractivity contribution is 6.06. The highest BCUT2D eigenvalue weighted by atomic mass is 16.6. The first-order valence-corrected chi connectivity index (χ1v) is 11.9. The maximum atomic E-state index is 14.0. The Balaban J connectivity index is 1.52. The fourth-order valence-electron chi connectivity index (χ4n) is 6.03. The Bertz CT molecular complexity index is 1040. The number of ether oxygens (including phenoxy) is 3. The monoisotopic (exact) mass is 448 g/mol. The minimum Gasteiger partial charge on any atom is -0.497 e. The van der Waals surface area contributed by atoms with Gasteiger partial charge in [-0.25, -0.2) is 0 Å². The fraction of sp³-hybridized carbons (Fsp3) is 0.464. The number of fused-ring (bicyclic) bond motifs is 1. The maximum absolute atomic E-state index is 14.0. The predicted octanol–water partition coefficient (Wildman–Crippen LogP) is 5.48. The van der Waals surface area contributed by atoms with Crippen molar-refractivity contribution in [2.75, 3.05) is 14.2 Å². The van der Waals surface area contributed by atoms with Crippen LogP contribution in [-0.4, -0.2) is 30.9 Å². The molecular formula is C28H32O5. The highest BCUT2D eigenvalue weighted by Crippen LogP contribution is 2.61. The molecule has 1 heterocycles. The molecule has 1 spiro atoms. The molecule has 5 rings (SSSR count). The second kappa shape index (κ2) is 8.62. The van der Waals surface area contributed by atoms with E-state index in [1.807, 2.05) is 54.6 Å². The SMILES string of the molecule is COc1ccc(/C=C2\CC[C@@]3(C[C@H]4CCCC[C@@]4(O)O[C@@H]3c3ccc(OC)cc3)C2=O)cc1. The number of rotatable bonds is 4. The van der Waals surface area contributed by atoms with E-state index in [0.29, 0.717) is 19.3 Å². The van der Waals surface area contributed by atoms with Crippen LogP contribution in [0.4, 0.5) is 0 Å². The summed E-state index contributed by atoms with van der Waals surface area (Å²) in [5.74, 6) is 0.548. The summed E-state index contributed by atoms with van der Waals surface area (Å²) in [7, 11) is 3.28. The van der Waals surface area contributed by atoms with Gasteiger partial charge in [-0.1, -0.05) is 30.7 Å². The molecule has 2 aromatic rings. The van der Waals surface area contributed by atoms with E-state index >= 15 is 0 Å². The lowest BCUT2D eigenvalue weighted by Gasteiger charge is -2.53. The molecule has 5 heteroatoms. The lowest BCUT2D eigenvalue weighted by Crippen LogP contribution is -2.55. The Labute approximate surface area is 195 Å². The number of hydrogen-bond acceptors (Lipinski definition) is 5. The molecule has 0 radical (unpaired) electrons. The topological polar surface area (TPSA) is 65.0 Å². The van der Waals surface area contributed by atoms with Crippen LogP contribution in [0.5, 0.6) is 11.5 Å². The fourth-order valence-corrected chi connectivity index (χ4v) is 6.03. The quantitative estimate of drug-likeness (QED) is 0.628. The smallest absolute Gasteiger partial charge is 0.169 e. The second-order valence-electron chi connectivity index (χ2n) is 9.69. The van der Waals surface area contributed by atoms with Gasteiger partial charge in [0.25, 0.3) is 0 Å². The van der Waals surface area contributed by atoms with Crippen molar-refractivity contribution in [3.8, 4) is 11.5 Å². The van der Waals surface area contributed by atoms with Crippen molar-refractivity contribution in [2.45, 2.75) is 56.8 Å². The van der Waals surface area contributed by atoms with Crippen LogP contribution in [0.2, 0.25) is 0 Å². The summed E-state index contributed by atoms with van der Waals surface area (Å²) < 4.78 is 17.1. The predicted molar refractivity (Wildman–Crippen MR) is 126 cm³/mol. The van der Waals surface area contributed by atoms with Crippen molar-refractivity contribution in [1.82, 2.24) is 0 Å². The van der Waals surface area contributed by atoms with Gasteiger partial charge in [-0.3, -0.25) is 4.79 Å². The van der Waals surface area contributed by atoms with Gasteiger partial charge in [0.2, 0.25) is 0 Å². The average Bonchev–Trinajstić information content (AvgIpc) is 3.15. The van der Waals surface area contributed by atoms with Crippen LogP contribution >= 0.6 is 0 Å². The molecule has 2 aliphatic carbocycles. The zero-order valence-corrected chi connectivity index (χ0v) is 19.4. The van der Waals surface area contributed by atoms with E-state index in [-0.39, 0.29) is 11.7 Å². The third-order valence-electron chi connectivity index (χ3n) is 7.87. The van der Waals surface area contributed by atoms with Crippen molar-refractivity contribution in [3.05, 3.63) is 65.2 Å². The highest BCUT2D eigenvalue weighted by Gasteiger charge is 2.61. The van der Waals surface area contributed by atoms with Crippen LogP contribution in [0.25, 0.3) is 6.08 Å². The Morgan fingerprint density at radius 1 is 0.970 bits per heavy atom. The van der Waals surface area contributed by atoms with E-state index < -0.39 is 17.3 Å². The Morgan fingerprint density at radius 2 is 1.64 bits per heavy atom. The summed E-state index contributed by atoms with van der Waals surface area (Å²) in [4.78, 5) is 14.0. The number of carbonyl (C=O) groups excluding carboxylic acids is 1. The van der Waals surface area contributed by atoms with Crippen LogP contribution in [0.1, 0.15) is 62.2 Å². The molecule has 2 aromatic carbocycles. The van der Waals surface area contributed by atoms with Gasteiger partial charge < -0.3 is 19.3 Å². The molecule has 3 aliphatic rings. The first-order valence-electron chi connectivity index (χ1n) is 11.9. The van der Waals surface area contributed by atoms with Crippen molar-refractivity contribution >= 4 is 11.9 Å². The van der Waals surface area contributed by atoms with E-state index in [1.165, 1.54) is 0 Å². The van der Waals surface area contributed by atoms with Crippen LogP contribution < -0.4 is 9.47 Å². The van der Waals surface area contributed by atoms with Crippen LogP contribution in [0, 0.1) is 11.3 Å². The largest absolute Gasteiger partial charge is 0.497 e. The molecule has 4 atom stereocenters. The van der Waals surface area contributed by atoms with E-state index in [0.717, 1.165) is 53.9 Å². The van der Waals surface area contributed by atoms with Gasteiger partial charge in [0.15, 0.2) is 11.6 Å². The van der Waals surface area contributed by atoms with E-state index in [4.69, 9.17) is 14.2 Å². The lowest BCUT2D eigenvalue weighted by atomic mass is 9.63. The molecule has 1 aliphatic heterocycles. The third kappa shape index (κ3) is 3.87. The number of hydrogen-bond donors (Lipinski definition) is 1. The lowest BCUT2D eigenvalue weighted by molar-refractivity contribution is -0.323. The van der Waals surface area contributed by atoms with E-state index in [9.17, 15) is 9.90 Å². The van der Waals surface area contributed by atoms with Crippen molar-refractivity contribution in [1.29, 1.82) is 0 Å². The number of aliphatic hydroxyl groups is 1. The zero-order valence-electron chi connectivity index (χ0n) is 19.4. The molecule has 1 N–H and O–H groups in total. The first-order chi connectivity index (χ1) is 16.0. The van der Waals surface area contributed by atoms with E-state index in [2.05, 4.69) is 0 Å². The van der Waals surface area contributed by atoms with Gasteiger partial charge in [-0.05, 0) is 79.1 Å². The molecule has 33 heavy (non-hydrogen) atoms. The third-order valence-corrected chi connectivity index (χ3v) is 7.87. The normalized spacial score (nSPS) is 32.7. The summed E-state index contributed by atoms with van der Waals surface area (Å²) in [5, 5.41) is 11.4. The first kappa shape index (κ1) is 22.2. The van der Waals surface area contributed by atoms with Gasteiger partial charge in [0.05, 0.1) is 25.7 Å². The van der Waals surface area contributed by atoms with Crippen LogP contribution in [0.15, 0.2) is 54.1 Å². The van der Waals surface area contributed by atoms with Gasteiger partial charge in [0, 0.05) is 12.3 Å². The van der Waals surface area contributed by atoms with Gasteiger partial charge in [0.1, 0.15) is 11.5 Å². The van der Waals surface area contributed by atoms with Gasteiger partial charge >= 0.3 is 0 Å². The minimum atomic E-state index is -1.16. The Kier molecular flexibility index (Phi) is 5.79. The zero-order chi connectivity index (χ0) is 23.1. The maximum Gasteiger partial charge on any atom is 0.169 e. The summed E-state index contributed by atoms with van der Waals surface area (Å²) in [6.07, 6.45) is 7.19. The minimum absolute atomic E-state index is 0.00923. The molecule has 1 saturated heterocycles. The molecule has 2 saturated carbocycles. The summed E-state index contributed by atoms with van der Waals surface area (Å²) >= 11 is 0. The van der Waals surface area contributed by atoms with Gasteiger partial charge in [-0.15, -0.1) is 0 Å². The number of methoxy groups -OCH3 is 2. The summed E-state index contributed by atoms with van der Waals surface area (Å²) in [6, 6.07) is 15.5. The molecule has 0 aromatic heterocycles. The van der Waals surface area contributed by atoms with E-state index in [1.54, 1.807) is 14.2 Å². The number of Topliss-reactive ketones (excluding diaryl/α,β-unsaturated/α-hetero) is 1. The van der Waals surface area contributed by atoms with Crippen molar-refractivity contribution in [3.63, 3.8) is 0 Å². The van der Waals surface area contributed by atoms with Crippen LogP contribution in [0.3, 0.4) is 0 Å². The average molecular weight is 449 g/mol. The molecule has 0 bridgehead atoms. The van der Waals surface area contributed by atoms with Crippen molar-refractivity contribution in [2.24, 2.45) is 11.3 Å². The molecule has 0 amide bonds. The molecule has 3 fully saturated rings. The number of ketones is 1. The molecule has 174 valence electrons. The number of carbonyl (C=O) groups is 1. The Hall–Kier alpha value is -2.63. The second-order valence-corrected chi connectivity index (χ2v) is 9.69. The number of allylic oxidation sites excluding steroid dienone is 1. The molecule has 5 nitrogen and oxygen atoms in total. The van der Waals surface area contributed by atoms with Gasteiger partial charge in [-0.2, -0.15) is 0 Å². The number of benzene rings is 2. The standard InChI is InChI=1S/C28H32O5/c1-31-23-10-6-19(7-11-23)17-21-14-16-27(25(21)29)18-22-5-3-4-15-28(22,30)33-26(27)20-8-12-24(32-2)13-9-20/h6-13,17,22,26,30H,3-5,14-16,18H2,1-2H3/b21-17+/t22-,26-,27-,28-/m1/s1. The Morgan fingerprint density at radius 3 is 2.30 bits per heavy atom. The summed E-state index contributed by atoms with van der Waals surface area (Å²) in [5.41, 5.74) is 2.10. The molecule has 0 unspecified atom stereocenters. The van der Waals surface area contributed by atoms with Crippen molar-refractivity contribution < 1.29 is 24.1 Å². The molecular weight excluding hydrogens is 416 g/mol.